The monoisotopic (exact) mass is 350 g/mol. The van der Waals surface area contributed by atoms with E-state index in [9.17, 15) is 4.79 Å². The number of thiophene rings is 1. The molecule has 0 saturated carbocycles. The summed E-state index contributed by atoms with van der Waals surface area (Å²) < 4.78 is 0. The first-order valence-corrected chi connectivity index (χ1v) is 9.70. The van der Waals surface area contributed by atoms with Crippen molar-refractivity contribution in [1.29, 1.82) is 0 Å². The van der Waals surface area contributed by atoms with Crippen molar-refractivity contribution >= 4 is 28.0 Å². The molecule has 2 aromatic heterocycles. The second-order valence-electron chi connectivity index (χ2n) is 6.88. The first-order chi connectivity index (χ1) is 12.1. The Hall–Kier alpha value is -2.20. The molecule has 0 bridgehead atoms. The number of fused-ring (bicyclic) bond motifs is 1. The fourth-order valence-electron chi connectivity index (χ4n) is 3.62. The van der Waals surface area contributed by atoms with E-state index in [0.717, 1.165) is 42.8 Å². The van der Waals surface area contributed by atoms with Gasteiger partial charge in [0.15, 0.2) is 0 Å². The van der Waals surface area contributed by atoms with Gasteiger partial charge in [0, 0.05) is 46.5 Å². The number of hydrogen-bond donors (Lipinski definition) is 0. The third-order valence-corrected chi connectivity index (χ3v) is 6.31. The second kappa shape index (κ2) is 6.60. The van der Waals surface area contributed by atoms with E-state index in [-0.39, 0.29) is 5.91 Å². The number of aromatic nitrogens is 1. The third-order valence-electron chi connectivity index (χ3n) is 5.30. The summed E-state index contributed by atoms with van der Waals surface area (Å²) in [6, 6.07) is 10.5. The highest BCUT2D eigenvalue weighted by atomic mass is 32.1. The van der Waals surface area contributed by atoms with Gasteiger partial charge in [-0.1, -0.05) is 24.3 Å². The molecule has 3 nitrogen and oxygen atoms in total. The van der Waals surface area contributed by atoms with E-state index >= 15 is 0 Å². The molecule has 3 aromatic rings. The zero-order valence-electron chi connectivity index (χ0n) is 14.7. The van der Waals surface area contributed by atoms with Gasteiger partial charge in [-0.25, -0.2) is 0 Å². The summed E-state index contributed by atoms with van der Waals surface area (Å²) in [6.45, 7) is 5.73. The van der Waals surface area contributed by atoms with Gasteiger partial charge in [-0.3, -0.25) is 9.78 Å². The number of benzene rings is 1. The molecule has 1 aliphatic heterocycles. The van der Waals surface area contributed by atoms with E-state index in [1.807, 2.05) is 29.5 Å². The van der Waals surface area contributed by atoms with Crippen LogP contribution in [0.3, 0.4) is 0 Å². The number of carbonyl (C=O) groups excluding carboxylic acids is 1. The summed E-state index contributed by atoms with van der Waals surface area (Å²) in [5, 5.41) is 4.39. The molecule has 1 unspecified atom stereocenters. The lowest BCUT2D eigenvalue weighted by molar-refractivity contribution is 0.0705. The zero-order chi connectivity index (χ0) is 17.4. The van der Waals surface area contributed by atoms with Gasteiger partial charge in [0.1, 0.15) is 0 Å². The van der Waals surface area contributed by atoms with Gasteiger partial charge < -0.3 is 4.90 Å². The average molecular weight is 350 g/mol. The zero-order valence-corrected chi connectivity index (χ0v) is 15.5. The number of piperidine rings is 1. The van der Waals surface area contributed by atoms with Gasteiger partial charge in [0.25, 0.3) is 5.91 Å². The van der Waals surface area contributed by atoms with Crippen molar-refractivity contribution in [3.8, 4) is 0 Å². The van der Waals surface area contributed by atoms with Crippen molar-refractivity contribution in [3.05, 3.63) is 63.6 Å². The highest BCUT2D eigenvalue weighted by Crippen LogP contribution is 2.30. The van der Waals surface area contributed by atoms with Crippen LogP contribution in [-0.2, 0) is 0 Å². The summed E-state index contributed by atoms with van der Waals surface area (Å²) in [6.07, 6.45) is 4.08. The Morgan fingerprint density at radius 3 is 2.80 bits per heavy atom. The Balaban J connectivity index is 1.57. The Kier molecular flexibility index (Phi) is 4.30. The molecule has 25 heavy (non-hydrogen) atoms. The van der Waals surface area contributed by atoms with E-state index in [4.69, 9.17) is 0 Å². The lowest BCUT2D eigenvalue weighted by Gasteiger charge is -2.32. The fourth-order valence-corrected chi connectivity index (χ4v) is 4.48. The Labute approximate surface area is 152 Å². The molecule has 1 fully saturated rings. The number of hydrogen-bond acceptors (Lipinski definition) is 3. The number of rotatable bonds is 2. The van der Waals surface area contributed by atoms with Gasteiger partial charge >= 0.3 is 0 Å². The van der Waals surface area contributed by atoms with Crippen LogP contribution >= 0.6 is 11.3 Å². The minimum atomic E-state index is 0.173. The van der Waals surface area contributed by atoms with Crippen LogP contribution < -0.4 is 0 Å². The van der Waals surface area contributed by atoms with Crippen molar-refractivity contribution in [1.82, 2.24) is 9.88 Å². The van der Waals surface area contributed by atoms with Crippen LogP contribution in [0.2, 0.25) is 0 Å². The maximum atomic E-state index is 12.9. The van der Waals surface area contributed by atoms with Crippen LogP contribution in [0.1, 0.15) is 45.3 Å². The molecular formula is C21H22N2OS. The van der Waals surface area contributed by atoms with E-state index in [2.05, 4.69) is 36.2 Å². The van der Waals surface area contributed by atoms with Crippen molar-refractivity contribution < 1.29 is 4.79 Å². The lowest BCUT2D eigenvalue weighted by atomic mass is 9.93. The molecule has 1 saturated heterocycles. The third kappa shape index (κ3) is 3.07. The van der Waals surface area contributed by atoms with Crippen LogP contribution in [0, 0.1) is 13.8 Å². The number of nitrogens with zero attached hydrogens (tertiary/aromatic N) is 2. The maximum Gasteiger partial charge on any atom is 0.254 e. The van der Waals surface area contributed by atoms with Crippen LogP contribution in [0.5, 0.6) is 0 Å². The molecule has 4 rings (SSSR count). The predicted octanol–water partition coefficient (Wildman–Crippen LogP) is 4.93. The van der Waals surface area contributed by atoms with E-state index in [1.165, 1.54) is 15.6 Å². The van der Waals surface area contributed by atoms with Crippen LogP contribution in [0.15, 0.2) is 41.9 Å². The van der Waals surface area contributed by atoms with Crippen molar-refractivity contribution in [2.24, 2.45) is 0 Å². The van der Waals surface area contributed by atoms with Crippen LogP contribution in [0.25, 0.3) is 10.8 Å². The number of aryl methyl sites for hydroxylation is 1. The van der Waals surface area contributed by atoms with Gasteiger partial charge in [-0.2, -0.15) is 0 Å². The minimum Gasteiger partial charge on any atom is -0.338 e. The van der Waals surface area contributed by atoms with Gasteiger partial charge in [-0.15, -0.1) is 11.3 Å². The number of carbonyl (C=O) groups is 1. The normalized spacial score (nSPS) is 17.8. The topological polar surface area (TPSA) is 33.2 Å². The first kappa shape index (κ1) is 16.3. The molecule has 1 amide bonds. The molecule has 1 aliphatic rings. The van der Waals surface area contributed by atoms with E-state index in [0.29, 0.717) is 5.92 Å². The molecular weight excluding hydrogens is 328 g/mol. The number of likely N-dealkylation sites (tertiary alicyclic amines) is 1. The molecule has 0 aliphatic carbocycles. The van der Waals surface area contributed by atoms with Crippen molar-refractivity contribution in [3.63, 3.8) is 0 Å². The molecule has 4 heteroatoms. The fraction of sp³-hybridized carbons (Fsp3) is 0.333. The predicted molar refractivity (Wildman–Crippen MR) is 103 cm³/mol. The molecule has 0 spiro atoms. The molecule has 1 aromatic carbocycles. The first-order valence-electron chi connectivity index (χ1n) is 8.82. The van der Waals surface area contributed by atoms with Gasteiger partial charge in [0.2, 0.25) is 0 Å². The smallest absolute Gasteiger partial charge is 0.254 e. The molecule has 0 N–H and O–H groups in total. The van der Waals surface area contributed by atoms with Crippen LogP contribution in [-0.4, -0.2) is 28.9 Å². The van der Waals surface area contributed by atoms with Crippen molar-refractivity contribution in [2.75, 3.05) is 13.1 Å². The Bertz CT molecular complexity index is 931. The standard InChI is InChI=1S/C21H22N2OS/c1-14-15(2)25-13-19(14)21(24)23-9-5-8-18(12-23)20-10-16-6-3-4-7-17(16)11-22-20/h3-4,6-7,10-11,13,18H,5,8-9,12H2,1-2H3. The number of pyridine rings is 1. The largest absolute Gasteiger partial charge is 0.338 e. The summed E-state index contributed by atoms with van der Waals surface area (Å²) in [5.41, 5.74) is 3.10. The van der Waals surface area contributed by atoms with Gasteiger partial charge in [0.05, 0.1) is 5.56 Å². The molecule has 128 valence electrons. The average Bonchev–Trinajstić information content (AvgIpc) is 2.99. The van der Waals surface area contributed by atoms with Gasteiger partial charge in [-0.05, 0) is 43.7 Å². The van der Waals surface area contributed by atoms with E-state index < -0.39 is 0 Å². The molecule has 3 heterocycles. The quantitative estimate of drug-likeness (QED) is 0.656. The Morgan fingerprint density at radius 2 is 2.04 bits per heavy atom. The summed E-state index contributed by atoms with van der Waals surface area (Å²) in [5.74, 6) is 0.495. The number of amides is 1. The summed E-state index contributed by atoms with van der Waals surface area (Å²) >= 11 is 1.66. The second-order valence-corrected chi connectivity index (χ2v) is 7.96. The lowest BCUT2D eigenvalue weighted by Crippen LogP contribution is -2.39. The molecule has 0 radical (unpaired) electrons. The minimum absolute atomic E-state index is 0.173. The maximum absolute atomic E-state index is 12.9. The molecule has 1 atom stereocenters. The van der Waals surface area contributed by atoms with Crippen molar-refractivity contribution in [2.45, 2.75) is 32.6 Å². The SMILES string of the molecule is Cc1scc(C(=O)N2CCCC(c3cc4ccccc4cn3)C2)c1C. The highest BCUT2D eigenvalue weighted by Gasteiger charge is 2.27. The van der Waals surface area contributed by atoms with E-state index in [1.54, 1.807) is 11.3 Å². The summed E-state index contributed by atoms with van der Waals surface area (Å²) in [7, 11) is 0. The Morgan fingerprint density at radius 1 is 1.24 bits per heavy atom. The summed E-state index contributed by atoms with van der Waals surface area (Å²) in [4.78, 5) is 20.9. The highest BCUT2D eigenvalue weighted by molar-refractivity contribution is 7.10. The van der Waals surface area contributed by atoms with Crippen LogP contribution in [0.4, 0.5) is 0 Å².